The third-order valence-corrected chi connectivity index (χ3v) is 2.49. The Morgan fingerprint density at radius 1 is 1.12 bits per heavy atom. The standard InChI is InChI=1S/C12H21NO3/c1-2-11-4-5-12(16-11)10-13(7-9-15)6-3-8-14/h4-5,14-15H,2-3,6-10H2,1H3. The van der Waals surface area contributed by atoms with Crippen LogP contribution in [0.2, 0.25) is 0 Å². The molecule has 1 rings (SSSR count). The molecule has 0 aliphatic carbocycles. The summed E-state index contributed by atoms with van der Waals surface area (Å²) in [4.78, 5) is 2.08. The fourth-order valence-electron chi connectivity index (χ4n) is 1.62. The minimum Gasteiger partial charge on any atom is -0.465 e. The second-order valence-corrected chi connectivity index (χ2v) is 3.80. The van der Waals surface area contributed by atoms with Crippen molar-refractivity contribution >= 4 is 0 Å². The molecule has 0 unspecified atom stereocenters. The molecule has 0 atom stereocenters. The average Bonchev–Trinajstić information content (AvgIpc) is 2.74. The number of hydrogen-bond donors (Lipinski definition) is 2. The summed E-state index contributed by atoms with van der Waals surface area (Å²) in [5, 5.41) is 17.7. The monoisotopic (exact) mass is 227 g/mol. The van der Waals surface area contributed by atoms with E-state index < -0.39 is 0 Å². The third-order valence-electron chi connectivity index (χ3n) is 2.49. The van der Waals surface area contributed by atoms with E-state index in [0.717, 1.165) is 30.9 Å². The lowest BCUT2D eigenvalue weighted by molar-refractivity contribution is 0.165. The number of nitrogens with zero attached hydrogens (tertiary/aromatic N) is 1. The Morgan fingerprint density at radius 3 is 2.44 bits per heavy atom. The second-order valence-electron chi connectivity index (χ2n) is 3.80. The van der Waals surface area contributed by atoms with Crippen LogP contribution in [0.3, 0.4) is 0 Å². The van der Waals surface area contributed by atoms with E-state index in [4.69, 9.17) is 14.6 Å². The third kappa shape index (κ3) is 4.35. The molecule has 0 spiro atoms. The van der Waals surface area contributed by atoms with Gasteiger partial charge in [-0.05, 0) is 18.6 Å². The molecule has 1 heterocycles. The normalized spacial score (nSPS) is 11.2. The van der Waals surface area contributed by atoms with Gasteiger partial charge in [0, 0.05) is 26.1 Å². The fraction of sp³-hybridized carbons (Fsp3) is 0.667. The molecule has 2 N–H and O–H groups in total. The maximum atomic E-state index is 8.93. The first-order valence-corrected chi connectivity index (χ1v) is 5.81. The highest BCUT2D eigenvalue weighted by Crippen LogP contribution is 2.11. The molecule has 4 heteroatoms. The SMILES string of the molecule is CCc1ccc(CN(CCO)CCCO)o1. The first kappa shape index (κ1) is 13.2. The van der Waals surface area contributed by atoms with Crippen LogP contribution >= 0.6 is 0 Å². The van der Waals surface area contributed by atoms with E-state index in [9.17, 15) is 0 Å². The van der Waals surface area contributed by atoms with Crippen LogP contribution in [-0.4, -0.2) is 41.4 Å². The highest BCUT2D eigenvalue weighted by atomic mass is 16.3. The van der Waals surface area contributed by atoms with Gasteiger partial charge >= 0.3 is 0 Å². The van der Waals surface area contributed by atoms with Crippen LogP contribution < -0.4 is 0 Å². The quantitative estimate of drug-likeness (QED) is 0.696. The molecule has 0 aliphatic heterocycles. The lowest BCUT2D eigenvalue weighted by Gasteiger charge is -2.19. The smallest absolute Gasteiger partial charge is 0.118 e. The van der Waals surface area contributed by atoms with Gasteiger partial charge in [-0.25, -0.2) is 0 Å². The van der Waals surface area contributed by atoms with Crippen LogP contribution in [-0.2, 0) is 13.0 Å². The summed E-state index contributed by atoms with van der Waals surface area (Å²) in [5.74, 6) is 1.91. The molecular formula is C12H21NO3. The number of aliphatic hydroxyl groups excluding tert-OH is 2. The van der Waals surface area contributed by atoms with E-state index in [1.807, 2.05) is 12.1 Å². The largest absolute Gasteiger partial charge is 0.465 e. The molecule has 0 saturated carbocycles. The van der Waals surface area contributed by atoms with E-state index >= 15 is 0 Å². The summed E-state index contributed by atoms with van der Waals surface area (Å²) in [6.45, 7) is 4.45. The summed E-state index contributed by atoms with van der Waals surface area (Å²) in [7, 11) is 0. The van der Waals surface area contributed by atoms with Crippen molar-refractivity contribution in [2.45, 2.75) is 26.3 Å². The van der Waals surface area contributed by atoms with Gasteiger partial charge in [-0.1, -0.05) is 6.92 Å². The van der Waals surface area contributed by atoms with Crippen LogP contribution in [0, 0.1) is 0 Å². The molecule has 92 valence electrons. The van der Waals surface area contributed by atoms with Crippen molar-refractivity contribution < 1.29 is 14.6 Å². The number of rotatable bonds is 8. The Bertz CT molecular complexity index is 286. The predicted molar refractivity (Wildman–Crippen MR) is 62.2 cm³/mol. The Labute approximate surface area is 96.5 Å². The van der Waals surface area contributed by atoms with E-state index in [1.165, 1.54) is 0 Å². The molecule has 1 aromatic heterocycles. The number of hydrogen-bond acceptors (Lipinski definition) is 4. The first-order chi connectivity index (χ1) is 7.80. The van der Waals surface area contributed by atoms with Crippen LogP contribution in [0.5, 0.6) is 0 Å². The molecule has 0 amide bonds. The van der Waals surface area contributed by atoms with Gasteiger partial charge in [0.25, 0.3) is 0 Å². The Balaban J connectivity index is 2.46. The van der Waals surface area contributed by atoms with E-state index in [2.05, 4.69) is 11.8 Å². The van der Waals surface area contributed by atoms with E-state index in [0.29, 0.717) is 13.1 Å². The highest BCUT2D eigenvalue weighted by Gasteiger charge is 2.08. The van der Waals surface area contributed by atoms with Gasteiger partial charge in [0.15, 0.2) is 0 Å². The van der Waals surface area contributed by atoms with Crippen molar-refractivity contribution in [1.82, 2.24) is 4.90 Å². The van der Waals surface area contributed by atoms with Crippen molar-refractivity contribution in [2.24, 2.45) is 0 Å². The maximum absolute atomic E-state index is 8.93. The lowest BCUT2D eigenvalue weighted by Crippen LogP contribution is -2.27. The Kier molecular flexibility index (Phi) is 6.15. The molecule has 1 aromatic rings. The summed E-state index contributed by atoms with van der Waals surface area (Å²) in [6, 6.07) is 3.96. The topological polar surface area (TPSA) is 56.8 Å². The summed E-state index contributed by atoms with van der Waals surface area (Å²) in [6.07, 6.45) is 1.62. The Morgan fingerprint density at radius 2 is 1.88 bits per heavy atom. The van der Waals surface area contributed by atoms with Gasteiger partial charge < -0.3 is 14.6 Å². The first-order valence-electron chi connectivity index (χ1n) is 5.81. The maximum Gasteiger partial charge on any atom is 0.118 e. The van der Waals surface area contributed by atoms with Gasteiger partial charge in [0.05, 0.1) is 13.2 Å². The van der Waals surface area contributed by atoms with Gasteiger partial charge in [0.2, 0.25) is 0 Å². The lowest BCUT2D eigenvalue weighted by atomic mass is 10.3. The molecule has 4 nitrogen and oxygen atoms in total. The van der Waals surface area contributed by atoms with E-state index in [1.54, 1.807) is 0 Å². The van der Waals surface area contributed by atoms with Crippen molar-refractivity contribution in [1.29, 1.82) is 0 Å². The molecule has 0 bridgehead atoms. The second kappa shape index (κ2) is 7.44. The van der Waals surface area contributed by atoms with Crippen LogP contribution in [0.25, 0.3) is 0 Å². The van der Waals surface area contributed by atoms with Gasteiger partial charge in [-0.2, -0.15) is 0 Å². The number of aryl methyl sites for hydroxylation is 1. The number of furan rings is 1. The zero-order chi connectivity index (χ0) is 11.8. The fourth-order valence-corrected chi connectivity index (χ4v) is 1.62. The van der Waals surface area contributed by atoms with Crippen LogP contribution in [0.15, 0.2) is 16.5 Å². The van der Waals surface area contributed by atoms with Crippen molar-refractivity contribution in [3.05, 3.63) is 23.7 Å². The molecule has 0 saturated heterocycles. The molecule has 0 aliphatic rings. The molecule has 0 radical (unpaired) electrons. The average molecular weight is 227 g/mol. The molecular weight excluding hydrogens is 206 g/mol. The molecule has 16 heavy (non-hydrogen) atoms. The molecule has 0 aromatic carbocycles. The zero-order valence-corrected chi connectivity index (χ0v) is 9.85. The highest BCUT2D eigenvalue weighted by molar-refractivity contribution is 5.06. The minimum atomic E-state index is 0.132. The Hall–Kier alpha value is -0.840. The van der Waals surface area contributed by atoms with E-state index in [-0.39, 0.29) is 13.2 Å². The molecule has 0 fully saturated rings. The van der Waals surface area contributed by atoms with Crippen molar-refractivity contribution in [3.63, 3.8) is 0 Å². The minimum absolute atomic E-state index is 0.132. The van der Waals surface area contributed by atoms with Crippen LogP contribution in [0.4, 0.5) is 0 Å². The van der Waals surface area contributed by atoms with Gasteiger partial charge in [0.1, 0.15) is 11.5 Å². The summed E-state index contributed by atoms with van der Waals surface area (Å²) >= 11 is 0. The van der Waals surface area contributed by atoms with Crippen molar-refractivity contribution in [3.8, 4) is 0 Å². The van der Waals surface area contributed by atoms with Gasteiger partial charge in [-0.3, -0.25) is 4.90 Å². The number of aliphatic hydroxyl groups is 2. The summed E-state index contributed by atoms with van der Waals surface area (Å²) < 4.78 is 5.60. The van der Waals surface area contributed by atoms with Gasteiger partial charge in [-0.15, -0.1) is 0 Å². The van der Waals surface area contributed by atoms with Crippen LogP contribution in [0.1, 0.15) is 24.9 Å². The predicted octanol–water partition coefficient (Wildman–Crippen LogP) is 1.02. The van der Waals surface area contributed by atoms with Crippen molar-refractivity contribution in [2.75, 3.05) is 26.3 Å². The zero-order valence-electron chi connectivity index (χ0n) is 9.85. The summed E-state index contributed by atoms with van der Waals surface area (Å²) in [5.41, 5.74) is 0.